The molecule has 13 aromatic rings. The van der Waals surface area contributed by atoms with Crippen molar-refractivity contribution in [2.75, 3.05) is 0 Å². The molecule has 0 unspecified atom stereocenters. The molecule has 5 heterocycles. The molecule has 0 aliphatic rings. The van der Waals surface area contributed by atoms with Crippen LogP contribution in [-0.2, 0) is 0 Å². The first-order valence-electron chi connectivity index (χ1n) is 22.4. The van der Waals surface area contributed by atoms with Gasteiger partial charge in [-0.3, -0.25) is 4.98 Å². The van der Waals surface area contributed by atoms with Crippen LogP contribution in [0.4, 0.5) is 0 Å². The summed E-state index contributed by atoms with van der Waals surface area (Å²) in [5, 5.41) is 4.95. The zero-order valence-electron chi connectivity index (χ0n) is 36.3. The second kappa shape index (κ2) is 16.4. The molecule has 0 bridgehead atoms. The van der Waals surface area contributed by atoms with Gasteiger partial charge in [0.05, 0.1) is 16.7 Å². The van der Waals surface area contributed by atoms with Crippen LogP contribution < -0.4 is 0 Å². The molecule has 8 nitrogen and oxygen atoms in total. The number of fused-ring (bicyclic) bond motifs is 7. The highest BCUT2D eigenvalue weighted by atomic mass is 32.1. The van der Waals surface area contributed by atoms with Gasteiger partial charge in [0.25, 0.3) is 0 Å². The zero-order chi connectivity index (χ0) is 45.0. The summed E-state index contributed by atoms with van der Waals surface area (Å²) in [5.74, 6) is 3.37. The average molecular weight is 889 g/mol. The molecular formula is C59H36N8S. The minimum Gasteiger partial charge on any atom is -0.309 e. The number of rotatable bonds is 8. The molecule has 9 heteroatoms. The fourth-order valence-corrected chi connectivity index (χ4v) is 10.4. The third kappa shape index (κ3) is 6.88. The lowest BCUT2D eigenvalue weighted by molar-refractivity contribution is 1.06. The molecule has 0 fully saturated rings. The standard InChI is InChI=1S/C59H36N8S/c1-5-17-37(18-6-1)54-61-55(38-19-7-2-8-20-38)64-58(63-54)42-29-31-49(67-48-27-15-13-26-45(48)52-50(67)32-30-44-43-25-14-16-28-51(43)68-53(44)52)46(35-42)41-33-34-60-47(36-41)59-65-56(39-21-9-3-10-22-39)62-57(66-59)40-23-11-4-12-24-40/h1-36H. The van der Waals surface area contributed by atoms with Crippen molar-refractivity contribution < 1.29 is 0 Å². The van der Waals surface area contributed by atoms with Crippen molar-refractivity contribution in [3.63, 3.8) is 0 Å². The molecule has 0 amide bonds. The van der Waals surface area contributed by atoms with Gasteiger partial charge >= 0.3 is 0 Å². The normalized spacial score (nSPS) is 11.5. The molecular weight excluding hydrogens is 853 g/mol. The minimum absolute atomic E-state index is 0.471. The van der Waals surface area contributed by atoms with E-state index in [1.54, 1.807) is 0 Å². The number of para-hydroxylation sites is 1. The van der Waals surface area contributed by atoms with Crippen LogP contribution in [0.15, 0.2) is 219 Å². The molecule has 5 aromatic heterocycles. The first-order chi connectivity index (χ1) is 33.7. The molecule has 0 atom stereocenters. The van der Waals surface area contributed by atoms with Crippen LogP contribution >= 0.6 is 11.3 Å². The van der Waals surface area contributed by atoms with Crippen molar-refractivity contribution in [1.82, 2.24) is 39.5 Å². The number of benzene rings is 8. The van der Waals surface area contributed by atoms with E-state index in [1.807, 2.05) is 139 Å². The summed E-state index contributed by atoms with van der Waals surface area (Å²) >= 11 is 1.85. The Hall–Kier alpha value is -9.05. The predicted molar refractivity (Wildman–Crippen MR) is 276 cm³/mol. The summed E-state index contributed by atoms with van der Waals surface area (Å²) in [6, 6.07) is 72.8. The lowest BCUT2D eigenvalue weighted by atomic mass is 9.99. The summed E-state index contributed by atoms with van der Waals surface area (Å²) < 4.78 is 4.94. The van der Waals surface area contributed by atoms with Crippen LogP contribution in [0, 0.1) is 0 Å². The van der Waals surface area contributed by atoms with Crippen molar-refractivity contribution >= 4 is 53.3 Å². The maximum Gasteiger partial charge on any atom is 0.182 e. The van der Waals surface area contributed by atoms with Gasteiger partial charge in [0.2, 0.25) is 0 Å². The SMILES string of the molecule is c1ccc(-c2nc(-c3ccccc3)nc(-c3ccc(-n4c5ccccc5c5c6sc7ccccc7c6ccc54)c(-c4ccnc(-c5nc(-c6ccccc6)nc(-c6ccccc6)n5)c4)c3)n2)cc1. The second-order valence-corrected chi connectivity index (χ2v) is 17.6. The van der Waals surface area contributed by atoms with E-state index in [4.69, 9.17) is 34.9 Å². The van der Waals surface area contributed by atoms with Crippen LogP contribution in [0.25, 0.3) is 127 Å². The molecule has 0 saturated carbocycles. The van der Waals surface area contributed by atoms with Gasteiger partial charge in [0, 0.05) is 70.5 Å². The van der Waals surface area contributed by atoms with Gasteiger partial charge in [-0.05, 0) is 54.1 Å². The Bertz CT molecular complexity index is 3910. The van der Waals surface area contributed by atoms with E-state index in [0.717, 1.165) is 55.7 Å². The van der Waals surface area contributed by atoms with Crippen molar-refractivity contribution in [2.45, 2.75) is 0 Å². The van der Waals surface area contributed by atoms with E-state index in [-0.39, 0.29) is 0 Å². The number of pyridine rings is 1. The zero-order valence-corrected chi connectivity index (χ0v) is 37.1. The fraction of sp³-hybridized carbons (Fsp3) is 0. The maximum atomic E-state index is 5.16. The largest absolute Gasteiger partial charge is 0.309 e. The summed E-state index contributed by atoms with van der Waals surface area (Å²) in [6.45, 7) is 0. The Morgan fingerprint density at radius 2 is 0.838 bits per heavy atom. The lowest BCUT2D eigenvalue weighted by Gasteiger charge is -2.17. The van der Waals surface area contributed by atoms with Gasteiger partial charge in [-0.15, -0.1) is 11.3 Å². The van der Waals surface area contributed by atoms with E-state index in [9.17, 15) is 0 Å². The van der Waals surface area contributed by atoms with Gasteiger partial charge < -0.3 is 4.57 Å². The number of nitrogens with zero attached hydrogens (tertiary/aromatic N) is 8. The number of hydrogen-bond acceptors (Lipinski definition) is 8. The Labute approximate surface area is 394 Å². The summed E-state index contributed by atoms with van der Waals surface area (Å²) in [5.41, 5.74) is 10.1. The van der Waals surface area contributed by atoms with Crippen LogP contribution in [0.5, 0.6) is 0 Å². The molecule has 0 aliphatic heterocycles. The van der Waals surface area contributed by atoms with Crippen molar-refractivity contribution in [3.8, 4) is 85.3 Å². The van der Waals surface area contributed by atoms with Crippen molar-refractivity contribution in [3.05, 3.63) is 219 Å². The lowest BCUT2D eigenvalue weighted by Crippen LogP contribution is -2.03. The first-order valence-corrected chi connectivity index (χ1v) is 23.2. The van der Waals surface area contributed by atoms with Crippen LogP contribution in [0.2, 0.25) is 0 Å². The number of aromatic nitrogens is 8. The Morgan fingerprint density at radius 1 is 0.338 bits per heavy atom. The Morgan fingerprint density at radius 3 is 1.43 bits per heavy atom. The highest BCUT2D eigenvalue weighted by Crippen LogP contribution is 2.45. The smallest absolute Gasteiger partial charge is 0.182 e. The fourth-order valence-electron chi connectivity index (χ4n) is 9.18. The predicted octanol–water partition coefficient (Wildman–Crippen LogP) is 14.6. The van der Waals surface area contributed by atoms with Gasteiger partial charge in [0.1, 0.15) is 5.69 Å². The highest BCUT2D eigenvalue weighted by Gasteiger charge is 2.22. The molecule has 0 N–H and O–H groups in total. The molecule has 13 rings (SSSR count). The van der Waals surface area contributed by atoms with Gasteiger partial charge in [-0.25, -0.2) is 29.9 Å². The molecule has 0 aliphatic carbocycles. The third-order valence-corrected chi connectivity index (χ3v) is 13.6. The van der Waals surface area contributed by atoms with E-state index in [2.05, 4.69) is 95.6 Å². The maximum absolute atomic E-state index is 5.16. The Kier molecular flexibility index (Phi) is 9.50. The molecule has 318 valence electrons. The third-order valence-electron chi connectivity index (χ3n) is 12.4. The van der Waals surface area contributed by atoms with E-state index >= 15 is 0 Å². The van der Waals surface area contributed by atoms with Crippen LogP contribution in [0.1, 0.15) is 0 Å². The van der Waals surface area contributed by atoms with Gasteiger partial charge in [0.15, 0.2) is 34.9 Å². The molecule has 68 heavy (non-hydrogen) atoms. The topological polar surface area (TPSA) is 95.2 Å². The van der Waals surface area contributed by atoms with Crippen molar-refractivity contribution in [2.24, 2.45) is 0 Å². The molecule has 0 spiro atoms. The summed E-state index contributed by atoms with van der Waals surface area (Å²) in [4.78, 5) is 35.3. The summed E-state index contributed by atoms with van der Waals surface area (Å²) in [7, 11) is 0. The molecule has 0 radical (unpaired) electrons. The minimum atomic E-state index is 0.471. The second-order valence-electron chi connectivity index (χ2n) is 16.5. The Balaban J connectivity index is 1.06. The van der Waals surface area contributed by atoms with Gasteiger partial charge in [-0.2, -0.15) is 0 Å². The molecule has 8 aromatic carbocycles. The number of thiophene rings is 1. The highest BCUT2D eigenvalue weighted by molar-refractivity contribution is 7.26. The quantitative estimate of drug-likeness (QED) is 0.150. The van der Waals surface area contributed by atoms with E-state index in [1.165, 1.54) is 30.9 Å². The van der Waals surface area contributed by atoms with Crippen LogP contribution in [-0.4, -0.2) is 39.5 Å². The van der Waals surface area contributed by atoms with E-state index < -0.39 is 0 Å². The monoisotopic (exact) mass is 888 g/mol. The average Bonchev–Trinajstić information content (AvgIpc) is 3.97. The van der Waals surface area contributed by atoms with Crippen molar-refractivity contribution in [1.29, 1.82) is 0 Å². The molecule has 0 saturated heterocycles. The van der Waals surface area contributed by atoms with Crippen LogP contribution in [0.3, 0.4) is 0 Å². The number of hydrogen-bond donors (Lipinski definition) is 0. The van der Waals surface area contributed by atoms with E-state index in [0.29, 0.717) is 40.6 Å². The first kappa shape index (κ1) is 39.3. The van der Waals surface area contributed by atoms with Gasteiger partial charge in [-0.1, -0.05) is 164 Å². The summed E-state index contributed by atoms with van der Waals surface area (Å²) in [6.07, 6.45) is 1.84.